The number of carbonyl (C=O) groups is 4. The van der Waals surface area contributed by atoms with Crippen molar-refractivity contribution >= 4 is 34.7 Å². The number of ether oxygens (including phenoxy) is 5. The molecule has 4 saturated heterocycles. The summed E-state index contributed by atoms with van der Waals surface area (Å²) in [5, 5.41) is 10.8. The van der Waals surface area contributed by atoms with Crippen molar-refractivity contribution in [1.82, 2.24) is 24.7 Å². The first-order chi connectivity index (χ1) is 28.2. The quantitative estimate of drug-likeness (QED) is 0.253. The summed E-state index contributed by atoms with van der Waals surface area (Å²) < 4.78 is 31.8. The van der Waals surface area contributed by atoms with Gasteiger partial charge in [0.15, 0.2) is 17.7 Å². The van der Waals surface area contributed by atoms with Gasteiger partial charge < -0.3 is 33.7 Å². The third kappa shape index (κ3) is 8.66. The first-order valence-electron chi connectivity index (χ1n) is 21.7. The van der Waals surface area contributed by atoms with Crippen molar-refractivity contribution in [1.29, 1.82) is 0 Å². The van der Waals surface area contributed by atoms with Crippen LogP contribution in [0.2, 0.25) is 0 Å². The second-order valence-corrected chi connectivity index (χ2v) is 18.7. The Morgan fingerprint density at radius 3 is 2.37 bits per heavy atom. The minimum atomic E-state index is -1.41. The van der Waals surface area contributed by atoms with Gasteiger partial charge in [-0.15, -0.1) is 0 Å². The first-order valence-corrected chi connectivity index (χ1v) is 21.7. The number of carbonyl (C=O) groups excluding carboxylic acids is 4. The summed E-state index contributed by atoms with van der Waals surface area (Å²) in [6.07, 6.45) is 1.82. The van der Waals surface area contributed by atoms with Crippen LogP contribution in [0.15, 0.2) is 24.5 Å². The zero-order valence-corrected chi connectivity index (χ0v) is 37.5. The van der Waals surface area contributed by atoms with Gasteiger partial charge in [-0.25, -0.2) is 4.79 Å². The second kappa shape index (κ2) is 17.9. The maximum Gasteiger partial charge on any atom is 0.411 e. The molecule has 0 radical (unpaired) electrons. The Morgan fingerprint density at radius 2 is 1.72 bits per heavy atom. The number of nitrogens with zero attached hydrogens (tertiary/aromatic N) is 5. The summed E-state index contributed by atoms with van der Waals surface area (Å²) >= 11 is 0. The SMILES string of the molecule is CC[C@H]1OC(=O)[C@H](C)C(=O)[C@H](C)[C@@H](O[C@H]2C[C@@H](N(C)C)C[C@@H](C)O2)[C@](C)(OC)C[C@@H](C)C(=O)[C@H](C)[C@H]2N(C3CN(CC(C)c4c(O)cnc5cccnc45)C3)C(=O)O[C@]12C. The van der Waals surface area contributed by atoms with E-state index in [0.717, 1.165) is 6.42 Å². The zero-order valence-electron chi connectivity index (χ0n) is 37.5. The highest BCUT2D eigenvalue weighted by molar-refractivity contribution is 6.00. The molecule has 4 fully saturated rings. The number of aromatic nitrogens is 2. The number of Topliss-reactive ketones (excluding diaryl/α,β-unsaturated/α-hetero) is 2. The third-order valence-electron chi connectivity index (χ3n) is 14.0. The molecule has 1 unspecified atom stereocenters. The van der Waals surface area contributed by atoms with Gasteiger partial charge in [0.25, 0.3) is 0 Å². The van der Waals surface area contributed by atoms with E-state index in [1.807, 2.05) is 67.8 Å². The van der Waals surface area contributed by atoms with Crippen LogP contribution in [0.5, 0.6) is 5.75 Å². The molecule has 6 rings (SSSR count). The van der Waals surface area contributed by atoms with Crippen molar-refractivity contribution in [3.63, 3.8) is 0 Å². The number of aromatic hydroxyl groups is 1. The van der Waals surface area contributed by atoms with Crippen molar-refractivity contribution in [2.45, 2.75) is 148 Å². The van der Waals surface area contributed by atoms with Gasteiger partial charge in [-0.2, -0.15) is 0 Å². The first kappa shape index (κ1) is 45.8. The molecule has 1 N–H and O–H groups in total. The smallest absolute Gasteiger partial charge is 0.411 e. The van der Waals surface area contributed by atoms with E-state index in [4.69, 9.17) is 23.7 Å². The van der Waals surface area contributed by atoms with E-state index in [1.54, 1.807) is 32.1 Å². The largest absolute Gasteiger partial charge is 0.506 e. The average molecular weight is 838 g/mol. The van der Waals surface area contributed by atoms with E-state index in [0.29, 0.717) is 42.7 Å². The summed E-state index contributed by atoms with van der Waals surface area (Å²) in [4.78, 5) is 72.3. The Balaban J connectivity index is 1.29. The minimum absolute atomic E-state index is 0.0776. The fourth-order valence-electron chi connectivity index (χ4n) is 10.6. The Kier molecular flexibility index (Phi) is 13.7. The molecule has 4 aliphatic rings. The molecule has 332 valence electrons. The third-order valence-corrected chi connectivity index (χ3v) is 14.0. The highest BCUT2D eigenvalue weighted by atomic mass is 16.7. The van der Waals surface area contributed by atoms with E-state index in [1.165, 1.54) is 13.1 Å². The Morgan fingerprint density at radius 1 is 1.02 bits per heavy atom. The van der Waals surface area contributed by atoms with E-state index >= 15 is 0 Å². The Hall–Kier alpha value is -3.76. The zero-order chi connectivity index (χ0) is 44.0. The minimum Gasteiger partial charge on any atom is -0.506 e. The number of fused-ring (bicyclic) bond motifs is 2. The van der Waals surface area contributed by atoms with E-state index in [2.05, 4.69) is 19.8 Å². The number of likely N-dealkylation sites (tertiary alicyclic amines) is 1. The molecule has 60 heavy (non-hydrogen) atoms. The second-order valence-electron chi connectivity index (χ2n) is 18.7. The molecule has 15 heteroatoms. The molecule has 2 aromatic heterocycles. The van der Waals surface area contributed by atoms with Crippen molar-refractivity contribution in [3.8, 4) is 5.75 Å². The van der Waals surface area contributed by atoms with Crippen LogP contribution in [0.4, 0.5) is 4.79 Å². The topological polar surface area (TPSA) is 170 Å². The molecule has 4 aliphatic heterocycles. The van der Waals surface area contributed by atoms with Crippen molar-refractivity contribution < 1.29 is 48.0 Å². The normalized spacial score (nSPS) is 37.0. The summed E-state index contributed by atoms with van der Waals surface area (Å²) in [5.41, 5.74) is -0.532. The molecule has 0 aliphatic carbocycles. The Labute approximate surface area is 354 Å². The predicted molar refractivity (Wildman–Crippen MR) is 223 cm³/mol. The lowest BCUT2D eigenvalue weighted by molar-refractivity contribution is -0.262. The van der Waals surface area contributed by atoms with Crippen molar-refractivity contribution in [2.75, 3.05) is 40.8 Å². The molecule has 0 saturated carbocycles. The number of hydrogen-bond donors (Lipinski definition) is 1. The van der Waals surface area contributed by atoms with Gasteiger partial charge in [0.1, 0.15) is 23.6 Å². The van der Waals surface area contributed by atoms with Gasteiger partial charge in [-0.1, -0.05) is 34.6 Å². The average Bonchev–Trinajstić information content (AvgIpc) is 3.46. The number of esters is 1. The number of cyclic esters (lactones) is 1. The van der Waals surface area contributed by atoms with Crippen LogP contribution in [0.1, 0.15) is 99.5 Å². The van der Waals surface area contributed by atoms with Crippen LogP contribution >= 0.6 is 0 Å². The van der Waals surface area contributed by atoms with Crippen LogP contribution in [0, 0.1) is 23.7 Å². The van der Waals surface area contributed by atoms with E-state index < -0.39 is 71.5 Å². The molecule has 0 spiro atoms. The monoisotopic (exact) mass is 837 g/mol. The van der Waals surface area contributed by atoms with Crippen LogP contribution in [0.25, 0.3) is 11.0 Å². The van der Waals surface area contributed by atoms with Crippen molar-refractivity contribution in [2.24, 2.45) is 23.7 Å². The molecule has 0 bridgehead atoms. The summed E-state index contributed by atoms with van der Waals surface area (Å²) in [7, 11) is 5.59. The van der Waals surface area contributed by atoms with E-state index in [9.17, 15) is 24.3 Å². The highest BCUT2D eigenvalue weighted by Gasteiger charge is 2.62. The summed E-state index contributed by atoms with van der Waals surface area (Å²) in [6.45, 7) is 18.0. The lowest BCUT2D eigenvalue weighted by Crippen LogP contribution is -2.66. The standard InChI is InChI=1S/C45H67N5O10/c1-13-34-45(9)40(50(43(55)60-45)31-22-49(23-31)21-25(3)36-33(51)20-47-32-15-14-16-46-37(32)36)27(5)38(52)24(2)19-44(8,56-12)41(28(6)39(53)29(7)42(54)58-34)59-35-18-30(48(10)11)17-26(4)57-35/h14-16,20,24-31,34-35,40-41,51H,13,17-19,21-23H2,1-12H3/t24-,25?,26-,27+,28+,29-,30+,34-,35+,40-,41-,44-,45-/m1/s1. The number of hydrogen-bond acceptors (Lipinski definition) is 14. The molecular weight excluding hydrogens is 771 g/mol. The van der Waals surface area contributed by atoms with Gasteiger partial charge in [0, 0.05) is 68.7 Å². The highest BCUT2D eigenvalue weighted by Crippen LogP contribution is 2.45. The van der Waals surface area contributed by atoms with Gasteiger partial charge in [-0.05, 0) is 79.1 Å². The fraction of sp³-hybridized carbons (Fsp3) is 0.733. The molecule has 1 amide bonds. The molecule has 0 aromatic carbocycles. The fourth-order valence-corrected chi connectivity index (χ4v) is 10.6. The maximum absolute atomic E-state index is 14.9. The van der Waals surface area contributed by atoms with Gasteiger partial charge in [0.05, 0.1) is 47.1 Å². The summed E-state index contributed by atoms with van der Waals surface area (Å²) in [5.74, 6) is -4.64. The molecule has 15 nitrogen and oxygen atoms in total. The molecular formula is C45H67N5O10. The lowest BCUT2D eigenvalue weighted by Gasteiger charge is -2.49. The van der Waals surface area contributed by atoms with Gasteiger partial charge in [0.2, 0.25) is 0 Å². The Bertz CT molecular complexity index is 1910. The van der Waals surface area contributed by atoms with E-state index in [-0.39, 0.29) is 54.3 Å². The van der Waals surface area contributed by atoms with Crippen LogP contribution in [0.3, 0.4) is 0 Å². The van der Waals surface area contributed by atoms with Crippen LogP contribution in [-0.2, 0) is 38.1 Å². The molecule has 13 atom stereocenters. The van der Waals surface area contributed by atoms with Crippen molar-refractivity contribution in [3.05, 3.63) is 30.1 Å². The maximum atomic E-state index is 14.9. The summed E-state index contributed by atoms with van der Waals surface area (Å²) in [6, 6.07) is 2.75. The predicted octanol–water partition coefficient (Wildman–Crippen LogP) is 5.36. The van der Waals surface area contributed by atoms with Gasteiger partial charge >= 0.3 is 12.1 Å². The number of amides is 1. The number of methoxy groups -OCH3 is 1. The van der Waals surface area contributed by atoms with Crippen LogP contribution < -0.4 is 0 Å². The van der Waals surface area contributed by atoms with Gasteiger partial charge in [-0.3, -0.25) is 34.2 Å². The van der Waals surface area contributed by atoms with Crippen LogP contribution in [-0.4, -0.2) is 148 Å². The lowest BCUT2D eigenvalue weighted by atomic mass is 9.73. The number of ketones is 2. The molecule has 6 heterocycles. The molecule has 2 aromatic rings. The number of pyridine rings is 2. The number of rotatable bonds is 9.